The maximum Gasteiger partial charge on any atom is 0.317 e. The highest BCUT2D eigenvalue weighted by molar-refractivity contribution is 7.89. The van der Waals surface area contributed by atoms with Gasteiger partial charge in [-0.1, -0.05) is 6.07 Å². The number of benzene rings is 1. The second kappa shape index (κ2) is 6.25. The fraction of sp³-hybridized carbons (Fsp3) is 0.500. The Hall–Kier alpha value is -2.00. The van der Waals surface area contributed by atoms with Crippen LogP contribution in [0.5, 0.6) is 11.5 Å². The third-order valence-corrected chi connectivity index (χ3v) is 4.79. The van der Waals surface area contributed by atoms with Crippen LogP contribution in [0.4, 0.5) is 4.79 Å². The van der Waals surface area contributed by atoms with Crippen molar-refractivity contribution in [3.63, 3.8) is 0 Å². The van der Waals surface area contributed by atoms with E-state index in [9.17, 15) is 13.2 Å². The Kier molecular flexibility index (Phi) is 4.31. The Bertz CT molecular complexity index is 706. The van der Waals surface area contributed by atoms with Crippen LogP contribution in [-0.2, 0) is 16.6 Å². The monoisotopic (exact) mass is 341 g/mol. The van der Waals surface area contributed by atoms with Crippen molar-refractivity contribution in [3.05, 3.63) is 23.8 Å². The number of hydrogen-bond acceptors (Lipinski definition) is 5. The van der Waals surface area contributed by atoms with Crippen LogP contribution in [0.3, 0.4) is 0 Å². The van der Waals surface area contributed by atoms with Gasteiger partial charge in [0.2, 0.25) is 16.8 Å². The SMILES string of the molecule is NS(=O)(=O)C[C@H]1CCCN1C(=O)NCc1ccc2c(c1)OCO2. The number of carbonyl (C=O) groups is 1. The minimum absolute atomic E-state index is 0.203. The summed E-state index contributed by atoms with van der Waals surface area (Å²) >= 11 is 0. The van der Waals surface area contributed by atoms with Crippen LogP contribution in [-0.4, -0.2) is 44.5 Å². The topological polar surface area (TPSA) is 111 Å². The summed E-state index contributed by atoms with van der Waals surface area (Å²) in [6.07, 6.45) is 1.42. The molecule has 0 unspecified atom stereocenters. The van der Waals surface area contributed by atoms with E-state index in [0.29, 0.717) is 31.0 Å². The van der Waals surface area contributed by atoms with E-state index < -0.39 is 10.0 Å². The fourth-order valence-electron chi connectivity index (χ4n) is 2.87. The molecule has 1 fully saturated rings. The number of primary sulfonamides is 1. The first-order chi connectivity index (χ1) is 10.9. The third-order valence-electron chi connectivity index (χ3n) is 3.94. The van der Waals surface area contributed by atoms with Gasteiger partial charge in [-0.2, -0.15) is 0 Å². The number of urea groups is 1. The molecule has 23 heavy (non-hydrogen) atoms. The van der Waals surface area contributed by atoms with Gasteiger partial charge in [0, 0.05) is 19.1 Å². The van der Waals surface area contributed by atoms with E-state index in [4.69, 9.17) is 14.6 Å². The quantitative estimate of drug-likeness (QED) is 0.822. The van der Waals surface area contributed by atoms with Crippen molar-refractivity contribution in [2.45, 2.75) is 25.4 Å². The Morgan fingerprint density at radius 3 is 2.91 bits per heavy atom. The highest BCUT2D eigenvalue weighted by atomic mass is 32.2. The number of hydrogen-bond donors (Lipinski definition) is 2. The molecular formula is C14H19N3O5S. The summed E-state index contributed by atoms with van der Waals surface area (Å²) in [4.78, 5) is 13.8. The van der Waals surface area contributed by atoms with Crippen LogP contribution in [0.15, 0.2) is 18.2 Å². The Balaban J connectivity index is 1.58. The maximum absolute atomic E-state index is 12.3. The van der Waals surface area contributed by atoms with Gasteiger partial charge in [0.25, 0.3) is 0 Å². The van der Waals surface area contributed by atoms with Crippen LogP contribution >= 0.6 is 0 Å². The number of nitrogens with one attached hydrogen (secondary N) is 1. The van der Waals surface area contributed by atoms with Gasteiger partial charge in [0.15, 0.2) is 11.5 Å². The molecule has 0 aliphatic carbocycles. The normalized spacial score (nSPS) is 19.9. The van der Waals surface area contributed by atoms with Crippen molar-refractivity contribution in [3.8, 4) is 11.5 Å². The molecule has 1 aromatic carbocycles. The van der Waals surface area contributed by atoms with E-state index in [1.54, 1.807) is 6.07 Å². The molecule has 2 heterocycles. The van der Waals surface area contributed by atoms with Gasteiger partial charge < -0.3 is 19.7 Å². The molecule has 0 saturated carbocycles. The van der Waals surface area contributed by atoms with Gasteiger partial charge in [-0.25, -0.2) is 18.4 Å². The average molecular weight is 341 g/mol. The van der Waals surface area contributed by atoms with Crippen molar-refractivity contribution in [1.29, 1.82) is 0 Å². The number of nitrogens with two attached hydrogens (primary N) is 1. The molecule has 0 radical (unpaired) electrons. The van der Waals surface area contributed by atoms with E-state index >= 15 is 0 Å². The number of carbonyl (C=O) groups excluding carboxylic acids is 1. The molecule has 1 atom stereocenters. The van der Waals surface area contributed by atoms with Crippen molar-refractivity contribution in [2.24, 2.45) is 5.14 Å². The van der Waals surface area contributed by atoms with E-state index in [1.807, 2.05) is 12.1 Å². The number of nitrogens with zero attached hydrogens (tertiary/aromatic N) is 1. The zero-order valence-corrected chi connectivity index (χ0v) is 13.3. The van der Waals surface area contributed by atoms with Crippen molar-refractivity contribution in [2.75, 3.05) is 19.1 Å². The summed E-state index contributed by atoms with van der Waals surface area (Å²) < 4.78 is 33.0. The molecule has 3 N–H and O–H groups in total. The smallest absolute Gasteiger partial charge is 0.317 e. The largest absolute Gasteiger partial charge is 0.454 e. The average Bonchev–Trinajstić information content (AvgIpc) is 3.11. The first-order valence-electron chi connectivity index (χ1n) is 7.36. The van der Waals surface area contributed by atoms with E-state index in [0.717, 1.165) is 12.0 Å². The Labute approximate surface area is 134 Å². The van der Waals surface area contributed by atoms with Gasteiger partial charge >= 0.3 is 6.03 Å². The van der Waals surface area contributed by atoms with E-state index in [-0.39, 0.29) is 24.6 Å². The van der Waals surface area contributed by atoms with Crippen molar-refractivity contribution >= 4 is 16.1 Å². The lowest BCUT2D eigenvalue weighted by molar-refractivity contribution is 0.174. The number of likely N-dealkylation sites (tertiary alicyclic amines) is 1. The molecule has 3 rings (SSSR count). The van der Waals surface area contributed by atoms with Gasteiger partial charge in [-0.05, 0) is 30.5 Å². The second-order valence-corrected chi connectivity index (χ2v) is 7.32. The zero-order chi connectivity index (χ0) is 16.4. The standard InChI is InChI=1S/C14H19N3O5S/c15-23(19,20)8-11-2-1-5-17(11)14(18)16-7-10-3-4-12-13(6-10)22-9-21-12/h3-4,6,11H,1-2,5,7-9H2,(H,16,18)(H2,15,19,20)/t11-/m1/s1. The first kappa shape index (κ1) is 15.9. The lowest BCUT2D eigenvalue weighted by Crippen LogP contribution is -2.45. The number of fused-ring (bicyclic) bond motifs is 1. The summed E-state index contributed by atoms with van der Waals surface area (Å²) in [5, 5.41) is 7.89. The molecule has 0 spiro atoms. The van der Waals surface area contributed by atoms with Crippen molar-refractivity contribution < 1.29 is 22.7 Å². The van der Waals surface area contributed by atoms with Gasteiger partial charge in [-0.3, -0.25) is 0 Å². The van der Waals surface area contributed by atoms with Crippen LogP contribution in [0, 0.1) is 0 Å². The number of amides is 2. The highest BCUT2D eigenvalue weighted by Crippen LogP contribution is 2.32. The minimum atomic E-state index is -3.60. The van der Waals surface area contributed by atoms with Crippen LogP contribution in [0.1, 0.15) is 18.4 Å². The summed E-state index contributed by atoms with van der Waals surface area (Å²) in [5.41, 5.74) is 0.879. The molecule has 2 aliphatic heterocycles. The molecule has 126 valence electrons. The Morgan fingerprint density at radius 2 is 2.13 bits per heavy atom. The second-order valence-electron chi connectivity index (χ2n) is 5.67. The number of sulfonamides is 1. The summed E-state index contributed by atoms with van der Waals surface area (Å²) in [6.45, 7) is 1.06. The van der Waals surface area contributed by atoms with E-state index in [2.05, 4.69) is 5.32 Å². The van der Waals surface area contributed by atoms with Crippen LogP contribution in [0.2, 0.25) is 0 Å². The molecule has 1 saturated heterocycles. The maximum atomic E-state index is 12.3. The highest BCUT2D eigenvalue weighted by Gasteiger charge is 2.31. The number of rotatable bonds is 4. The molecular weight excluding hydrogens is 322 g/mol. The van der Waals surface area contributed by atoms with Crippen LogP contribution < -0.4 is 19.9 Å². The molecule has 9 heteroatoms. The minimum Gasteiger partial charge on any atom is -0.454 e. The molecule has 0 aromatic heterocycles. The fourth-order valence-corrected chi connectivity index (χ4v) is 3.76. The molecule has 8 nitrogen and oxygen atoms in total. The molecule has 2 amide bonds. The van der Waals surface area contributed by atoms with E-state index in [1.165, 1.54) is 4.90 Å². The summed E-state index contributed by atoms with van der Waals surface area (Å²) in [6, 6.07) is 4.81. The molecule has 1 aromatic rings. The van der Waals surface area contributed by atoms with Crippen molar-refractivity contribution in [1.82, 2.24) is 10.2 Å². The van der Waals surface area contributed by atoms with Gasteiger partial charge in [-0.15, -0.1) is 0 Å². The first-order valence-corrected chi connectivity index (χ1v) is 9.07. The predicted octanol–water partition coefficient (Wildman–Crippen LogP) is 0.378. The lowest BCUT2D eigenvalue weighted by Gasteiger charge is -2.24. The molecule has 2 aliphatic rings. The summed E-state index contributed by atoms with van der Waals surface area (Å²) in [7, 11) is -3.60. The zero-order valence-electron chi connectivity index (χ0n) is 12.5. The molecule has 0 bridgehead atoms. The third kappa shape index (κ3) is 3.85. The van der Waals surface area contributed by atoms with Crippen LogP contribution in [0.25, 0.3) is 0 Å². The summed E-state index contributed by atoms with van der Waals surface area (Å²) in [5.74, 6) is 1.14. The van der Waals surface area contributed by atoms with Gasteiger partial charge in [0.1, 0.15) is 0 Å². The van der Waals surface area contributed by atoms with Gasteiger partial charge in [0.05, 0.1) is 5.75 Å². The number of ether oxygens (including phenoxy) is 2. The predicted molar refractivity (Wildman–Crippen MR) is 82.5 cm³/mol. The lowest BCUT2D eigenvalue weighted by atomic mass is 10.2. The Morgan fingerprint density at radius 1 is 1.35 bits per heavy atom.